The first kappa shape index (κ1) is 6.08. The molecule has 0 bridgehead atoms. The van der Waals surface area contributed by atoms with Crippen LogP contribution in [0.2, 0.25) is 0 Å². The Bertz CT molecular complexity index is 181. The van der Waals surface area contributed by atoms with Crippen molar-refractivity contribution in [2.45, 2.75) is 0 Å². The van der Waals surface area contributed by atoms with Gasteiger partial charge in [-0.3, -0.25) is 4.98 Å². The van der Waals surface area contributed by atoms with E-state index in [0.717, 1.165) is 5.75 Å². The summed E-state index contributed by atoms with van der Waals surface area (Å²) < 4.78 is 4.85. The van der Waals surface area contributed by atoms with E-state index < -0.39 is 0 Å². The zero-order valence-electron chi connectivity index (χ0n) is 5.16. The van der Waals surface area contributed by atoms with Gasteiger partial charge in [-0.25, -0.2) is 0 Å². The van der Waals surface area contributed by atoms with E-state index in [4.69, 9.17) is 11.7 Å². The minimum atomic E-state index is 0.510. The van der Waals surface area contributed by atoms with E-state index in [1.165, 1.54) is 0 Å². The Hall–Kier alpha value is -1.05. The summed E-state index contributed by atoms with van der Waals surface area (Å²) in [5, 5.41) is 0. The molecule has 0 aliphatic heterocycles. The van der Waals surface area contributed by atoms with Crippen LogP contribution in [0, 0.1) is 6.92 Å². The second-order valence-corrected chi connectivity index (χ2v) is 1.62. The molecule has 9 heavy (non-hydrogen) atoms. The molecule has 1 rings (SSSR count). The minimum Gasteiger partial charge on any atom is -0.495 e. The lowest BCUT2D eigenvalue weighted by Gasteiger charge is -1.96. The predicted molar refractivity (Wildman–Crippen MR) is 34.2 cm³/mol. The maximum Gasteiger partial charge on any atom is 0.137 e. The van der Waals surface area contributed by atoms with Crippen LogP contribution < -0.4 is 4.74 Å². The van der Waals surface area contributed by atoms with Crippen molar-refractivity contribution in [3.8, 4) is 5.75 Å². The molecule has 2 radical (unpaired) electrons. The molecule has 0 unspecified atom stereocenters. The predicted octanol–water partition coefficient (Wildman–Crippen LogP) is 1.15. The molecule has 0 atom stereocenters. The molecule has 0 saturated heterocycles. The van der Waals surface area contributed by atoms with Crippen molar-refractivity contribution in [3.05, 3.63) is 30.9 Å². The quantitative estimate of drug-likeness (QED) is 0.556. The van der Waals surface area contributed by atoms with Gasteiger partial charge in [-0.1, -0.05) is 0 Å². The molecule has 1 aromatic heterocycles. The Morgan fingerprint density at radius 3 is 2.78 bits per heavy atom. The average molecular weight is 121 g/mol. The van der Waals surface area contributed by atoms with Crippen LogP contribution in [0.1, 0.15) is 5.69 Å². The summed E-state index contributed by atoms with van der Waals surface area (Å²) >= 11 is 0. The molecule has 0 aliphatic carbocycles. The molecule has 0 spiro atoms. The largest absolute Gasteiger partial charge is 0.495 e. The number of hydrogen-bond acceptors (Lipinski definition) is 2. The molecule has 0 aromatic carbocycles. The number of aromatic nitrogens is 1. The molecule has 46 valence electrons. The second kappa shape index (κ2) is 2.49. The van der Waals surface area contributed by atoms with Crippen molar-refractivity contribution in [1.29, 1.82) is 0 Å². The second-order valence-electron chi connectivity index (χ2n) is 1.62. The summed E-state index contributed by atoms with van der Waals surface area (Å²) in [6, 6.07) is 3.46. The molecule has 0 aliphatic rings. The van der Waals surface area contributed by atoms with Crippen LogP contribution >= 0.6 is 0 Å². The summed E-state index contributed by atoms with van der Waals surface area (Å²) in [6.45, 7) is 5.31. The highest BCUT2D eigenvalue weighted by Gasteiger charge is 1.87. The zero-order chi connectivity index (χ0) is 6.69. The fourth-order valence-corrected chi connectivity index (χ4v) is 0.512. The lowest BCUT2D eigenvalue weighted by Crippen LogP contribution is -1.84. The summed E-state index contributed by atoms with van der Waals surface area (Å²) in [6.07, 6.45) is 1.58. The van der Waals surface area contributed by atoms with E-state index in [2.05, 4.69) is 4.98 Å². The molecule has 0 saturated carbocycles. The molecule has 2 heteroatoms. The Labute approximate surface area is 54.5 Å². The summed E-state index contributed by atoms with van der Waals surface area (Å²) in [4.78, 5) is 3.80. The van der Waals surface area contributed by atoms with Gasteiger partial charge in [0.2, 0.25) is 0 Å². The fraction of sp³-hybridized carbons (Fsp3) is 0.143. The molecule has 0 fully saturated rings. The van der Waals surface area contributed by atoms with Gasteiger partial charge in [-0.05, 0) is 12.1 Å². The Kier molecular flexibility index (Phi) is 1.68. The SMILES string of the molecule is [CH]c1ccc(OC)cn1. The standard InChI is InChI=1S/C7H7NO/c1-6-3-4-7(9-2)5-8-6/h1,3-5H,2H3. The monoisotopic (exact) mass is 121 g/mol. The number of pyridine rings is 1. The molecule has 0 N–H and O–H groups in total. The van der Waals surface area contributed by atoms with Gasteiger partial charge in [-0.2, -0.15) is 0 Å². The van der Waals surface area contributed by atoms with Crippen molar-refractivity contribution in [1.82, 2.24) is 4.98 Å². The lowest BCUT2D eigenvalue weighted by atomic mass is 10.4. The summed E-state index contributed by atoms with van der Waals surface area (Å²) in [5.41, 5.74) is 0.510. The van der Waals surface area contributed by atoms with Crippen molar-refractivity contribution in [2.24, 2.45) is 0 Å². The van der Waals surface area contributed by atoms with Crippen molar-refractivity contribution >= 4 is 0 Å². The molecule has 2 nitrogen and oxygen atoms in total. The van der Waals surface area contributed by atoms with Crippen LogP contribution in [0.4, 0.5) is 0 Å². The highest BCUT2D eigenvalue weighted by Crippen LogP contribution is 2.06. The highest BCUT2D eigenvalue weighted by molar-refractivity contribution is 5.20. The molecule has 1 aromatic rings. The van der Waals surface area contributed by atoms with E-state index in [1.54, 1.807) is 25.4 Å². The maximum absolute atomic E-state index is 5.31. The van der Waals surface area contributed by atoms with E-state index in [9.17, 15) is 0 Å². The van der Waals surface area contributed by atoms with E-state index >= 15 is 0 Å². The highest BCUT2D eigenvalue weighted by atomic mass is 16.5. The number of hydrogen-bond donors (Lipinski definition) is 0. The van der Waals surface area contributed by atoms with Gasteiger partial charge < -0.3 is 4.74 Å². The van der Waals surface area contributed by atoms with Crippen LogP contribution in [-0.2, 0) is 0 Å². The van der Waals surface area contributed by atoms with Gasteiger partial charge in [0.15, 0.2) is 0 Å². The first-order valence-electron chi connectivity index (χ1n) is 2.58. The number of nitrogens with zero attached hydrogens (tertiary/aromatic N) is 1. The smallest absolute Gasteiger partial charge is 0.137 e. The van der Waals surface area contributed by atoms with Gasteiger partial charge in [0.25, 0.3) is 0 Å². The number of methoxy groups -OCH3 is 1. The van der Waals surface area contributed by atoms with Gasteiger partial charge in [0, 0.05) is 12.6 Å². The minimum absolute atomic E-state index is 0.510. The summed E-state index contributed by atoms with van der Waals surface area (Å²) in [5.74, 6) is 0.726. The molecule has 1 heterocycles. The average Bonchev–Trinajstić information content (AvgIpc) is 1.90. The van der Waals surface area contributed by atoms with E-state index in [0.29, 0.717) is 5.69 Å². The van der Waals surface area contributed by atoms with Crippen LogP contribution in [0.5, 0.6) is 5.75 Å². The van der Waals surface area contributed by atoms with Crippen LogP contribution in [0.15, 0.2) is 18.3 Å². The third-order valence-corrected chi connectivity index (χ3v) is 0.995. The van der Waals surface area contributed by atoms with Crippen LogP contribution in [-0.4, -0.2) is 12.1 Å². The molecule has 0 amide bonds. The van der Waals surface area contributed by atoms with Gasteiger partial charge in [-0.15, -0.1) is 0 Å². The molecular weight excluding hydrogens is 114 g/mol. The number of rotatable bonds is 1. The van der Waals surface area contributed by atoms with Crippen LogP contribution in [0.25, 0.3) is 0 Å². The van der Waals surface area contributed by atoms with Crippen molar-refractivity contribution < 1.29 is 4.74 Å². The fourth-order valence-electron chi connectivity index (χ4n) is 0.512. The summed E-state index contributed by atoms with van der Waals surface area (Å²) in [7, 11) is 1.59. The Balaban J connectivity index is 2.88. The van der Waals surface area contributed by atoms with Gasteiger partial charge in [0.05, 0.1) is 13.3 Å². The first-order chi connectivity index (χ1) is 4.33. The number of ether oxygens (including phenoxy) is 1. The Morgan fingerprint density at radius 2 is 2.33 bits per heavy atom. The van der Waals surface area contributed by atoms with Crippen molar-refractivity contribution in [2.75, 3.05) is 7.11 Å². The maximum atomic E-state index is 5.31. The third kappa shape index (κ3) is 1.42. The Morgan fingerprint density at radius 1 is 1.56 bits per heavy atom. The van der Waals surface area contributed by atoms with E-state index in [-0.39, 0.29) is 0 Å². The topological polar surface area (TPSA) is 22.1 Å². The van der Waals surface area contributed by atoms with Gasteiger partial charge >= 0.3 is 0 Å². The zero-order valence-corrected chi connectivity index (χ0v) is 5.16. The van der Waals surface area contributed by atoms with Crippen molar-refractivity contribution in [3.63, 3.8) is 0 Å². The normalized spacial score (nSPS) is 9.11. The van der Waals surface area contributed by atoms with Gasteiger partial charge in [0.1, 0.15) is 5.75 Å². The molecular formula is C7H7NO. The first-order valence-corrected chi connectivity index (χ1v) is 2.58. The van der Waals surface area contributed by atoms with Crippen LogP contribution in [0.3, 0.4) is 0 Å². The third-order valence-electron chi connectivity index (χ3n) is 0.995. The lowest BCUT2D eigenvalue weighted by molar-refractivity contribution is 0.413. The van der Waals surface area contributed by atoms with E-state index in [1.807, 2.05) is 0 Å².